The minimum Gasteiger partial charge on any atom is -0.439 e. The van der Waals surface area contributed by atoms with E-state index in [1.54, 1.807) is 72.1 Å². The van der Waals surface area contributed by atoms with Gasteiger partial charge in [0.1, 0.15) is 17.3 Å². The number of anilines is 1. The van der Waals surface area contributed by atoms with Crippen LogP contribution in [0.3, 0.4) is 0 Å². The van der Waals surface area contributed by atoms with Gasteiger partial charge in [0, 0.05) is 36.8 Å². The van der Waals surface area contributed by atoms with Crippen LogP contribution in [0.5, 0.6) is 11.6 Å². The highest BCUT2D eigenvalue weighted by atomic mass is 16.5. The van der Waals surface area contributed by atoms with Gasteiger partial charge in [-0.15, -0.1) is 0 Å². The molecule has 0 radical (unpaired) electrons. The van der Waals surface area contributed by atoms with Crippen molar-refractivity contribution in [2.75, 3.05) is 5.32 Å². The molecule has 0 fully saturated rings. The first-order valence-corrected chi connectivity index (χ1v) is 10.6. The Balaban J connectivity index is 1.28. The Morgan fingerprint density at radius 3 is 2.50 bits per heavy atom. The van der Waals surface area contributed by atoms with Crippen LogP contribution in [0, 0.1) is 6.92 Å². The van der Waals surface area contributed by atoms with Crippen molar-refractivity contribution in [1.82, 2.24) is 29.5 Å². The molecule has 0 atom stereocenters. The molecule has 0 bridgehead atoms. The van der Waals surface area contributed by atoms with Crippen molar-refractivity contribution >= 4 is 11.6 Å². The minimum atomic E-state index is -0.249. The second-order valence-electron chi connectivity index (χ2n) is 7.55. The Morgan fingerprint density at radius 2 is 1.76 bits per heavy atom. The molecular formula is C25H21N7O2. The van der Waals surface area contributed by atoms with Crippen molar-refractivity contribution in [2.45, 2.75) is 6.92 Å². The van der Waals surface area contributed by atoms with Crippen LogP contribution in [-0.2, 0) is 7.05 Å². The lowest BCUT2D eigenvalue weighted by Gasteiger charge is -2.09. The third kappa shape index (κ3) is 4.53. The molecule has 5 rings (SSSR count). The van der Waals surface area contributed by atoms with Crippen LogP contribution in [-0.4, -0.2) is 35.4 Å². The Labute approximate surface area is 195 Å². The fourth-order valence-corrected chi connectivity index (χ4v) is 3.45. The molecule has 0 spiro atoms. The first-order chi connectivity index (χ1) is 16.5. The van der Waals surface area contributed by atoms with E-state index < -0.39 is 0 Å². The van der Waals surface area contributed by atoms with Crippen LogP contribution in [0.4, 0.5) is 5.69 Å². The van der Waals surface area contributed by atoms with Crippen molar-refractivity contribution in [2.24, 2.45) is 7.05 Å². The molecule has 3 aromatic heterocycles. The van der Waals surface area contributed by atoms with Crippen molar-refractivity contribution < 1.29 is 9.53 Å². The highest BCUT2D eigenvalue weighted by Gasteiger charge is 2.15. The fourth-order valence-electron chi connectivity index (χ4n) is 3.45. The van der Waals surface area contributed by atoms with Gasteiger partial charge in [-0.25, -0.2) is 9.67 Å². The van der Waals surface area contributed by atoms with Crippen LogP contribution < -0.4 is 10.1 Å². The SMILES string of the molecule is Cc1nc(Oc2ccc(NC(=O)c3cc(-c4ccccc4)nn3C)cc2)cc(-n2cccn2)n1. The van der Waals surface area contributed by atoms with Crippen LogP contribution in [0.15, 0.2) is 85.2 Å². The zero-order valence-corrected chi connectivity index (χ0v) is 18.6. The maximum Gasteiger partial charge on any atom is 0.273 e. The summed E-state index contributed by atoms with van der Waals surface area (Å²) in [5, 5.41) is 11.5. The van der Waals surface area contributed by atoms with Gasteiger partial charge in [-0.1, -0.05) is 30.3 Å². The van der Waals surface area contributed by atoms with Crippen molar-refractivity contribution in [3.05, 3.63) is 96.7 Å². The molecule has 0 saturated heterocycles. The van der Waals surface area contributed by atoms with Gasteiger partial charge in [-0.05, 0) is 43.3 Å². The number of aryl methyl sites for hydroxylation is 2. The van der Waals surface area contributed by atoms with Gasteiger partial charge in [-0.3, -0.25) is 9.48 Å². The normalized spacial score (nSPS) is 10.8. The molecule has 34 heavy (non-hydrogen) atoms. The molecular weight excluding hydrogens is 430 g/mol. The smallest absolute Gasteiger partial charge is 0.273 e. The third-order valence-electron chi connectivity index (χ3n) is 5.06. The number of rotatable bonds is 6. The summed E-state index contributed by atoms with van der Waals surface area (Å²) in [5.41, 5.74) is 2.79. The van der Waals surface area contributed by atoms with Crippen LogP contribution in [0.25, 0.3) is 17.1 Å². The summed E-state index contributed by atoms with van der Waals surface area (Å²) in [7, 11) is 1.75. The Hall–Kier alpha value is -4.79. The lowest BCUT2D eigenvalue weighted by Crippen LogP contribution is -2.15. The molecule has 0 saturated carbocycles. The summed E-state index contributed by atoms with van der Waals surface area (Å²) in [5.74, 6) is 1.91. The van der Waals surface area contributed by atoms with E-state index in [2.05, 4.69) is 25.5 Å². The number of carbonyl (C=O) groups is 1. The highest BCUT2D eigenvalue weighted by molar-refractivity contribution is 6.03. The number of nitrogens with zero attached hydrogens (tertiary/aromatic N) is 6. The lowest BCUT2D eigenvalue weighted by molar-refractivity contribution is 0.101. The average Bonchev–Trinajstić information content (AvgIpc) is 3.51. The quantitative estimate of drug-likeness (QED) is 0.410. The van der Waals surface area contributed by atoms with E-state index in [4.69, 9.17) is 4.74 Å². The molecule has 9 nitrogen and oxygen atoms in total. The number of hydrogen-bond acceptors (Lipinski definition) is 6. The first-order valence-electron chi connectivity index (χ1n) is 10.6. The summed E-state index contributed by atoms with van der Waals surface area (Å²) in [6.07, 6.45) is 3.48. The molecule has 168 valence electrons. The zero-order chi connectivity index (χ0) is 23.5. The lowest BCUT2D eigenvalue weighted by atomic mass is 10.1. The number of aromatic nitrogens is 6. The number of amides is 1. The number of ether oxygens (including phenoxy) is 1. The van der Waals surface area contributed by atoms with Gasteiger partial charge in [0.05, 0.1) is 5.69 Å². The van der Waals surface area contributed by atoms with Crippen LogP contribution in [0.1, 0.15) is 16.3 Å². The van der Waals surface area contributed by atoms with E-state index in [9.17, 15) is 4.79 Å². The van der Waals surface area contributed by atoms with E-state index in [-0.39, 0.29) is 5.91 Å². The summed E-state index contributed by atoms with van der Waals surface area (Å²) < 4.78 is 9.11. The molecule has 0 aliphatic heterocycles. The molecule has 5 aromatic rings. The molecule has 0 aliphatic carbocycles. The molecule has 1 amide bonds. The monoisotopic (exact) mass is 451 g/mol. The number of carbonyl (C=O) groups excluding carboxylic acids is 1. The number of hydrogen-bond donors (Lipinski definition) is 1. The Bertz CT molecular complexity index is 1430. The molecule has 9 heteroatoms. The summed E-state index contributed by atoms with van der Waals surface area (Å²) >= 11 is 0. The summed E-state index contributed by atoms with van der Waals surface area (Å²) in [6, 6.07) is 22.1. The van der Waals surface area contributed by atoms with Gasteiger partial charge in [0.2, 0.25) is 5.88 Å². The topological polar surface area (TPSA) is 99.8 Å². The van der Waals surface area contributed by atoms with Crippen molar-refractivity contribution in [3.63, 3.8) is 0 Å². The summed E-state index contributed by atoms with van der Waals surface area (Å²) in [6.45, 7) is 1.79. The first kappa shape index (κ1) is 21.1. The maximum absolute atomic E-state index is 12.8. The second-order valence-corrected chi connectivity index (χ2v) is 7.55. The second kappa shape index (κ2) is 8.99. The van der Waals surface area contributed by atoms with Gasteiger partial charge >= 0.3 is 0 Å². The van der Waals surface area contributed by atoms with Gasteiger partial charge in [0.25, 0.3) is 5.91 Å². The molecule has 0 aliphatic rings. The fraction of sp³-hybridized carbons (Fsp3) is 0.0800. The van der Waals surface area contributed by atoms with Gasteiger partial charge < -0.3 is 10.1 Å². The molecule has 0 unspecified atom stereocenters. The van der Waals surface area contributed by atoms with Gasteiger partial charge in [0.15, 0.2) is 5.82 Å². The number of benzene rings is 2. The van der Waals surface area contributed by atoms with E-state index in [0.29, 0.717) is 34.7 Å². The number of nitrogens with one attached hydrogen (secondary N) is 1. The molecule has 2 aromatic carbocycles. The van der Waals surface area contributed by atoms with E-state index in [1.807, 2.05) is 36.4 Å². The largest absolute Gasteiger partial charge is 0.439 e. The van der Waals surface area contributed by atoms with Crippen molar-refractivity contribution in [3.8, 4) is 28.7 Å². The Morgan fingerprint density at radius 1 is 0.971 bits per heavy atom. The Kier molecular flexibility index (Phi) is 5.57. The highest BCUT2D eigenvalue weighted by Crippen LogP contribution is 2.24. The van der Waals surface area contributed by atoms with Gasteiger partial charge in [-0.2, -0.15) is 15.2 Å². The standard InChI is InChI=1S/C25H21N7O2/c1-17-27-23(32-14-6-13-26-32)16-24(28-17)34-20-11-9-19(10-12-20)29-25(33)22-15-21(30-31(22)2)18-7-4-3-5-8-18/h3-16H,1-2H3,(H,29,33). The van der Waals surface area contributed by atoms with E-state index in [1.165, 1.54) is 0 Å². The van der Waals surface area contributed by atoms with Crippen molar-refractivity contribution in [1.29, 1.82) is 0 Å². The predicted octanol–water partition coefficient (Wildman–Crippen LogP) is 4.42. The summed E-state index contributed by atoms with van der Waals surface area (Å²) in [4.78, 5) is 21.5. The predicted molar refractivity (Wildman–Crippen MR) is 127 cm³/mol. The third-order valence-corrected chi connectivity index (χ3v) is 5.06. The molecule has 1 N–H and O–H groups in total. The van der Waals surface area contributed by atoms with E-state index >= 15 is 0 Å². The van der Waals surface area contributed by atoms with E-state index in [0.717, 1.165) is 11.3 Å². The maximum atomic E-state index is 12.8. The average molecular weight is 451 g/mol. The molecule has 3 heterocycles. The van der Waals surface area contributed by atoms with Crippen LogP contribution in [0.2, 0.25) is 0 Å². The zero-order valence-electron chi connectivity index (χ0n) is 18.6. The minimum absolute atomic E-state index is 0.249. The van der Waals surface area contributed by atoms with Crippen LogP contribution >= 0.6 is 0 Å².